The van der Waals surface area contributed by atoms with Gasteiger partial charge in [0.25, 0.3) is 0 Å². The molecule has 0 saturated heterocycles. The minimum Gasteiger partial charge on any atom is -0.504 e. The Balaban J connectivity index is 1.84. The van der Waals surface area contributed by atoms with Crippen LogP contribution in [0.5, 0.6) is 11.5 Å². The molecule has 2 aromatic carbocycles. The maximum Gasteiger partial charge on any atom is 0.160 e. The van der Waals surface area contributed by atoms with Gasteiger partial charge < -0.3 is 20.1 Å². The van der Waals surface area contributed by atoms with Gasteiger partial charge >= 0.3 is 0 Å². The summed E-state index contributed by atoms with van der Waals surface area (Å²) in [4.78, 5) is 3.54. The zero-order chi connectivity index (χ0) is 15.1. The summed E-state index contributed by atoms with van der Waals surface area (Å²) in [6.07, 6.45) is 1.01. The fraction of sp³-hybridized carbons (Fsp3) is 0.222. The molecule has 2 heterocycles. The molecule has 1 aliphatic heterocycles. The molecule has 1 aliphatic rings. The lowest BCUT2D eigenvalue weighted by molar-refractivity contribution is 0.372. The molecule has 0 bridgehead atoms. The Morgan fingerprint density at radius 3 is 2.86 bits per heavy atom. The number of aromatic amines is 1. The summed E-state index contributed by atoms with van der Waals surface area (Å²) in [5.41, 5.74) is 4.76. The second kappa shape index (κ2) is 5.07. The van der Waals surface area contributed by atoms with Gasteiger partial charge in [-0.1, -0.05) is 24.3 Å². The molecule has 3 aromatic rings. The number of hydrogen-bond acceptors (Lipinski definition) is 3. The smallest absolute Gasteiger partial charge is 0.160 e. The van der Waals surface area contributed by atoms with Crippen LogP contribution in [0.1, 0.15) is 22.9 Å². The Bertz CT molecular complexity index is 838. The summed E-state index contributed by atoms with van der Waals surface area (Å²) < 4.78 is 5.13. The summed E-state index contributed by atoms with van der Waals surface area (Å²) in [5.74, 6) is 0.668. The zero-order valence-electron chi connectivity index (χ0n) is 12.4. The van der Waals surface area contributed by atoms with Crippen molar-refractivity contribution in [2.24, 2.45) is 0 Å². The van der Waals surface area contributed by atoms with E-state index < -0.39 is 0 Å². The number of H-pyrrole nitrogens is 1. The van der Waals surface area contributed by atoms with Gasteiger partial charge in [0.1, 0.15) is 0 Å². The normalized spacial score (nSPS) is 17.4. The SMILES string of the molecule is COc1ccc([C@@H]2NCCc3c2[nH]c2ccccc32)cc1O. The van der Waals surface area contributed by atoms with Gasteiger partial charge in [-0.2, -0.15) is 0 Å². The monoisotopic (exact) mass is 294 g/mol. The highest BCUT2D eigenvalue weighted by Gasteiger charge is 2.25. The second-order valence-corrected chi connectivity index (χ2v) is 5.63. The molecule has 0 unspecified atom stereocenters. The highest BCUT2D eigenvalue weighted by atomic mass is 16.5. The van der Waals surface area contributed by atoms with Gasteiger partial charge in [-0.05, 0) is 35.7 Å². The number of para-hydroxylation sites is 1. The zero-order valence-corrected chi connectivity index (χ0v) is 12.4. The molecule has 1 atom stereocenters. The molecule has 3 N–H and O–H groups in total. The number of aromatic nitrogens is 1. The number of benzene rings is 2. The average Bonchev–Trinajstić information content (AvgIpc) is 2.93. The predicted octanol–water partition coefficient (Wildman–Crippen LogP) is 3.12. The van der Waals surface area contributed by atoms with Crippen LogP contribution in [0.3, 0.4) is 0 Å². The van der Waals surface area contributed by atoms with Gasteiger partial charge in [0, 0.05) is 23.1 Å². The van der Waals surface area contributed by atoms with Crippen LogP contribution in [0.15, 0.2) is 42.5 Å². The lowest BCUT2D eigenvalue weighted by Crippen LogP contribution is -2.30. The van der Waals surface area contributed by atoms with Crippen LogP contribution in [-0.4, -0.2) is 23.7 Å². The van der Waals surface area contributed by atoms with E-state index in [9.17, 15) is 5.11 Å². The Morgan fingerprint density at radius 2 is 2.05 bits per heavy atom. The van der Waals surface area contributed by atoms with Gasteiger partial charge in [-0.15, -0.1) is 0 Å². The topological polar surface area (TPSA) is 57.3 Å². The predicted molar refractivity (Wildman–Crippen MR) is 86.5 cm³/mol. The van der Waals surface area contributed by atoms with Crippen molar-refractivity contribution in [1.29, 1.82) is 0 Å². The molecule has 0 amide bonds. The van der Waals surface area contributed by atoms with Crippen LogP contribution in [0.2, 0.25) is 0 Å². The third-order valence-corrected chi connectivity index (χ3v) is 4.40. The van der Waals surface area contributed by atoms with E-state index in [4.69, 9.17) is 4.74 Å². The standard InChI is InChI=1S/C18H18N2O2/c1-22-16-7-6-11(10-15(16)21)17-18-13(8-9-19-17)12-4-2-3-5-14(12)20-18/h2-7,10,17,19-21H,8-9H2,1H3/t17-/m0/s1. The first-order valence-corrected chi connectivity index (χ1v) is 7.47. The fourth-order valence-electron chi connectivity index (χ4n) is 3.35. The van der Waals surface area contributed by atoms with Crippen molar-refractivity contribution in [3.63, 3.8) is 0 Å². The molecular formula is C18H18N2O2. The Labute approximate surface area is 128 Å². The summed E-state index contributed by atoms with van der Waals surface area (Å²) >= 11 is 0. The van der Waals surface area contributed by atoms with Crippen molar-refractivity contribution in [2.75, 3.05) is 13.7 Å². The van der Waals surface area contributed by atoms with Gasteiger partial charge in [0.2, 0.25) is 0 Å². The van der Waals surface area contributed by atoms with Crippen LogP contribution in [-0.2, 0) is 6.42 Å². The number of aromatic hydroxyl groups is 1. The summed E-state index contributed by atoms with van der Waals surface area (Å²) in [7, 11) is 1.56. The van der Waals surface area contributed by atoms with E-state index in [1.807, 2.05) is 18.2 Å². The van der Waals surface area contributed by atoms with Gasteiger partial charge in [-0.25, -0.2) is 0 Å². The second-order valence-electron chi connectivity index (χ2n) is 5.63. The van der Waals surface area contributed by atoms with E-state index in [-0.39, 0.29) is 11.8 Å². The van der Waals surface area contributed by atoms with Gasteiger partial charge in [0.15, 0.2) is 11.5 Å². The molecule has 0 saturated carbocycles. The van der Waals surface area contributed by atoms with Gasteiger partial charge in [-0.3, -0.25) is 0 Å². The van der Waals surface area contributed by atoms with Gasteiger partial charge in [0.05, 0.1) is 13.2 Å². The molecule has 0 fully saturated rings. The first-order valence-electron chi connectivity index (χ1n) is 7.47. The molecule has 0 aliphatic carbocycles. The molecule has 0 radical (unpaired) electrons. The summed E-state index contributed by atoms with van der Waals surface area (Å²) in [6, 6.07) is 14.0. The highest BCUT2D eigenvalue weighted by Crippen LogP contribution is 2.36. The maximum atomic E-state index is 10.0. The summed E-state index contributed by atoms with van der Waals surface area (Å²) in [6.45, 7) is 0.923. The van der Waals surface area contributed by atoms with E-state index in [0.29, 0.717) is 5.75 Å². The molecule has 22 heavy (non-hydrogen) atoms. The third-order valence-electron chi connectivity index (χ3n) is 4.40. The Kier molecular flexibility index (Phi) is 3.05. The number of phenolic OH excluding ortho intramolecular Hbond substituents is 1. The molecule has 4 nitrogen and oxygen atoms in total. The van der Waals surface area contributed by atoms with Crippen LogP contribution in [0, 0.1) is 0 Å². The lowest BCUT2D eigenvalue weighted by Gasteiger charge is -2.25. The van der Waals surface area contributed by atoms with Crippen molar-refractivity contribution in [3.8, 4) is 11.5 Å². The molecular weight excluding hydrogens is 276 g/mol. The largest absolute Gasteiger partial charge is 0.504 e. The average molecular weight is 294 g/mol. The first kappa shape index (κ1) is 13.2. The van der Waals surface area contributed by atoms with Crippen molar-refractivity contribution in [1.82, 2.24) is 10.3 Å². The third kappa shape index (κ3) is 1.96. The summed E-state index contributed by atoms with van der Waals surface area (Å²) in [5, 5.41) is 14.9. The molecule has 112 valence electrons. The first-order chi connectivity index (χ1) is 10.8. The number of nitrogens with one attached hydrogen (secondary N) is 2. The van der Waals surface area contributed by atoms with Crippen molar-refractivity contribution in [3.05, 3.63) is 59.3 Å². The van der Waals surface area contributed by atoms with E-state index in [0.717, 1.165) is 18.5 Å². The Hall–Kier alpha value is -2.46. The van der Waals surface area contributed by atoms with Crippen molar-refractivity contribution >= 4 is 10.9 Å². The molecule has 4 heteroatoms. The van der Waals surface area contributed by atoms with E-state index in [1.165, 1.54) is 22.2 Å². The number of rotatable bonds is 2. The Morgan fingerprint density at radius 1 is 1.18 bits per heavy atom. The van der Waals surface area contributed by atoms with Crippen molar-refractivity contribution in [2.45, 2.75) is 12.5 Å². The fourth-order valence-corrected chi connectivity index (χ4v) is 3.35. The lowest BCUT2D eigenvalue weighted by atomic mass is 9.94. The molecule has 1 aromatic heterocycles. The molecule has 0 spiro atoms. The number of ether oxygens (including phenoxy) is 1. The minimum absolute atomic E-state index is 0.0629. The van der Waals surface area contributed by atoms with Crippen LogP contribution < -0.4 is 10.1 Å². The quantitative estimate of drug-likeness (QED) is 0.680. The number of fused-ring (bicyclic) bond motifs is 3. The van der Waals surface area contributed by atoms with Crippen molar-refractivity contribution < 1.29 is 9.84 Å². The van der Waals surface area contributed by atoms with Crippen LogP contribution >= 0.6 is 0 Å². The number of phenols is 1. The van der Waals surface area contributed by atoms with Crippen LogP contribution in [0.4, 0.5) is 0 Å². The van der Waals surface area contributed by atoms with E-state index >= 15 is 0 Å². The number of methoxy groups -OCH3 is 1. The van der Waals surface area contributed by atoms with E-state index in [2.05, 4.69) is 28.5 Å². The molecule has 4 rings (SSSR count). The number of hydrogen-bond donors (Lipinski definition) is 3. The minimum atomic E-state index is 0.0629. The maximum absolute atomic E-state index is 10.0. The highest BCUT2D eigenvalue weighted by molar-refractivity contribution is 5.85. The van der Waals surface area contributed by atoms with E-state index in [1.54, 1.807) is 13.2 Å². The van der Waals surface area contributed by atoms with Crippen LogP contribution in [0.25, 0.3) is 10.9 Å².